The number of halogens is 2. The van der Waals surface area contributed by atoms with Crippen LogP contribution >= 0.6 is 0 Å². The van der Waals surface area contributed by atoms with Crippen LogP contribution in [0, 0.1) is 24.5 Å². The number of fused-ring (bicyclic) bond motifs is 1. The lowest BCUT2D eigenvalue weighted by molar-refractivity contribution is -0.140. The highest BCUT2D eigenvalue weighted by Crippen LogP contribution is 2.30. The van der Waals surface area contributed by atoms with E-state index in [4.69, 9.17) is 18.4 Å². The molecule has 18 nitrogen and oxygen atoms in total. The second kappa shape index (κ2) is 23.1. The van der Waals surface area contributed by atoms with Gasteiger partial charge < -0.3 is 44.3 Å². The Kier molecular flexibility index (Phi) is 18.0. The van der Waals surface area contributed by atoms with Gasteiger partial charge in [-0.2, -0.15) is 8.42 Å². The van der Waals surface area contributed by atoms with Crippen LogP contribution in [0.1, 0.15) is 65.4 Å². The van der Waals surface area contributed by atoms with E-state index >= 15 is 0 Å². The summed E-state index contributed by atoms with van der Waals surface area (Å²) in [6.45, 7) is 4.32. The van der Waals surface area contributed by atoms with Crippen molar-refractivity contribution in [3.05, 3.63) is 64.9 Å². The molecule has 0 spiro atoms. The minimum atomic E-state index is -3.88. The minimum Gasteiger partial charge on any atom is -0.465 e. The van der Waals surface area contributed by atoms with Crippen molar-refractivity contribution >= 4 is 50.7 Å². The normalized spacial score (nSPS) is 15.8. The minimum absolute atomic E-state index is 0.00595. The zero-order valence-electron chi connectivity index (χ0n) is 36.6. The molecule has 1 aliphatic carbocycles. The van der Waals surface area contributed by atoms with Crippen molar-refractivity contribution in [2.24, 2.45) is 13.0 Å². The number of piperazine rings is 1. The van der Waals surface area contributed by atoms with Crippen molar-refractivity contribution < 1.29 is 64.7 Å². The number of nitrogens with one attached hydrogen (secondary N) is 2. The van der Waals surface area contributed by atoms with E-state index in [1.54, 1.807) is 17.0 Å². The largest absolute Gasteiger partial charge is 0.465 e. The molecule has 3 aromatic rings. The molecule has 1 aliphatic heterocycles. The molecule has 2 atom stereocenters. The zero-order chi connectivity index (χ0) is 46.6. The number of carbonyl (C=O) groups is 5. The van der Waals surface area contributed by atoms with E-state index in [1.807, 2.05) is 6.92 Å². The Labute approximate surface area is 371 Å². The fourth-order valence-corrected chi connectivity index (χ4v) is 8.59. The molecule has 0 unspecified atom stereocenters. The third-order valence-electron chi connectivity index (χ3n) is 11.5. The summed E-state index contributed by atoms with van der Waals surface area (Å²) >= 11 is 0. The molecular formula is C43H58F2N6O12S. The van der Waals surface area contributed by atoms with Gasteiger partial charge >= 0.3 is 6.09 Å². The Morgan fingerprint density at radius 3 is 2.02 bits per heavy atom. The highest BCUT2D eigenvalue weighted by molar-refractivity contribution is 7.86. The third-order valence-corrected chi connectivity index (χ3v) is 12.9. The number of aromatic nitrogens is 1. The SMILES string of the molecule is Cc1ccc(S(=O)(=O)OCCOCCOCCOCCNC(=O)c2c(C(=O)N3CCN(C(=O)[C@@H](NC(=O)[C@H](C)N(C)C(=O)O)C4CCCCC4)CC3)n(C)c3cc(F)c(F)cc23)cc1. The number of amides is 5. The molecule has 1 aromatic heterocycles. The number of carboxylic acid groups (broad SMARTS) is 1. The Morgan fingerprint density at radius 2 is 1.41 bits per heavy atom. The first-order chi connectivity index (χ1) is 30.5. The van der Waals surface area contributed by atoms with Crippen molar-refractivity contribution in [3.8, 4) is 0 Å². The smallest absolute Gasteiger partial charge is 0.407 e. The number of ether oxygens (including phenoxy) is 3. The van der Waals surface area contributed by atoms with Gasteiger partial charge in [-0.25, -0.2) is 13.6 Å². The lowest BCUT2D eigenvalue weighted by Gasteiger charge is -2.39. The molecule has 2 aromatic carbocycles. The molecule has 3 N–H and O–H groups in total. The van der Waals surface area contributed by atoms with Gasteiger partial charge in [-0.3, -0.25) is 28.3 Å². The van der Waals surface area contributed by atoms with E-state index in [9.17, 15) is 46.3 Å². The van der Waals surface area contributed by atoms with Crippen LogP contribution in [0.4, 0.5) is 13.6 Å². The first kappa shape index (κ1) is 49.8. The molecule has 352 valence electrons. The molecule has 0 radical (unpaired) electrons. The Hall–Kier alpha value is -5.22. The van der Waals surface area contributed by atoms with Crippen molar-refractivity contribution in [3.63, 3.8) is 0 Å². The van der Waals surface area contributed by atoms with E-state index in [2.05, 4.69) is 10.6 Å². The summed E-state index contributed by atoms with van der Waals surface area (Å²) in [4.78, 5) is 70.5. The predicted octanol–water partition coefficient (Wildman–Crippen LogP) is 3.30. The van der Waals surface area contributed by atoms with Crippen LogP contribution in [0.3, 0.4) is 0 Å². The molecule has 2 heterocycles. The fraction of sp³-hybridized carbons (Fsp3) is 0.558. The highest BCUT2D eigenvalue weighted by atomic mass is 32.2. The van der Waals surface area contributed by atoms with Crippen molar-refractivity contribution in [1.29, 1.82) is 0 Å². The molecule has 2 fully saturated rings. The Bertz CT molecular complexity index is 2230. The standard InChI is InChI=1S/C43H58F2N6O12S/c1-28-10-12-31(13-11-28)64(58,59)63-25-24-62-23-22-61-21-20-60-19-14-46-40(53)36-32-26-33(44)34(45)27-35(32)49(4)38(36)42(55)51-17-15-50(16-18-51)41(54)37(30-8-6-5-7-9-30)47-39(52)29(2)48(3)43(56)57/h10-13,26-27,29-30,37H,5-9,14-25H2,1-4H3,(H,46,53)(H,47,52)(H,56,57)/t29-,37-/m0/s1. The van der Waals surface area contributed by atoms with Crippen molar-refractivity contribution in [1.82, 2.24) is 29.9 Å². The van der Waals surface area contributed by atoms with Gasteiger partial charge in [0.15, 0.2) is 11.6 Å². The van der Waals surface area contributed by atoms with Gasteiger partial charge in [0.2, 0.25) is 11.8 Å². The number of aryl methyl sites for hydroxylation is 2. The van der Waals surface area contributed by atoms with Gasteiger partial charge in [-0.05, 0) is 50.8 Å². The van der Waals surface area contributed by atoms with E-state index in [-0.39, 0.29) is 118 Å². The van der Waals surface area contributed by atoms with Gasteiger partial charge in [0.1, 0.15) is 17.8 Å². The van der Waals surface area contributed by atoms with Crippen LogP contribution in [-0.2, 0) is 45.1 Å². The number of carbonyl (C=O) groups excluding carboxylic acids is 4. The summed E-state index contributed by atoms with van der Waals surface area (Å²) in [5.41, 5.74) is 0.791. The van der Waals surface area contributed by atoms with Crippen LogP contribution in [0.5, 0.6) is 0 Å². The molecule has 0 bridgehead atoms. The summed E-state index contributed by atoms with van der Waals surface area (Å²) in [5.74, 6) is -4.72. The quantitative estimate of drug-likeness (QED) is 0.104. The summed E-state index contributed by atoms with van der Waals surface area (Å²) in [7, 11) is -1.13. The Morgan fingerprint density at radius 1 is 0.844 bits per heavy atom. The predicted molar refractivity (Wildman–Crippen MR) is 228 cm³/mol. The Balaban J connectivity index is 1.11. The molecule has 2 aliphatic rings. The number of rotatable bonds is 21. The number of nitrogens with zero attached hydrogens (tertiary/aromatic N) is 4. The molecule has 5 rings (SSSR count). The van der Waals surface area contributed by atoms with Gasteiger partial charge in [0.25, 0.3) is 21.9 Å². The lowest BCUT2D eigenvalue weighted by atomic mass is 9.83. The summed E-state index contributed by atoms with van der Waals surface area (Å²) in [6.07, 6.45) is 2.93. The van der Waals surface area contributed by atoms with Crippen LogP contribution < -0.4 is 10.6 Å². The van der Waals surface area contributed by atoms with Crippen molar-refractivity contribution in [2.75, 3.05) is 86.0 Å². The summed E-state index contributed by atoms with van der Waals surface area (Å²) in [6, 6.07) is 6.17. The first-order valence-electron chi connectivity index (χ1n) is 21.3. The van der Waals surface area contributed by atoms with Crippen LogP contribution in [-0.4, -0.2) is 161 Å². The first-order valence-corrected chi connectivity index (χ1v) is 22.7. The molecule has 5 amide bonds. The average molecular weight is 921 g/mol. The molecular weight excluding hydrogens is 863 g/mol. The van der Waals surface area contributed by atoms with Crippen LogP contribution in [0.15, 0.2) is 41.3 Å². The van der Waals surface area contributed by atoms with Crippen LogP contribution in [0.2, 0.25) is 0 Å². The molecule has 64 heavy (non-hydrogen) atoms. The number of hydrogen-bond donors (Lipinski definition) is 3. The molecule has 1 saturated carbocycles. The molecule has 1 saturated heterocycles. The van der Waals surface area contributed by atoms with E-state index in [0.29, 0.717) is 0 Å². The highest BCUT2D eigenvalue weighted by Gasteiger charge is 2.38. The van der Waals surface area contributed by atoms with Crippen molar-refractivity contribution in [2.45, 2.75) is 62.9 Å². The maximum atomic E-state index is 14.6. The number of likely N-dealkylation sites (N-methyl/N-ethyl adjacent to an activating group) is 1. The van der Waals surface area contributed by atoms with Gasteiger partial charge in [0.05, 0.1) is 62.2 Å². The molecule has 21 heteroatoms. The average Bonchev–Trinajstić information content (AvgIpc) is 3.56. The second-order valence-electron chi connectivity index (χ2n) is 15.8. The number of benzene rings is 2. The third kappa shape index (κ3) is 12.7. The van der Waals surface area contributed by atoms with E-state index < -0.39 is 57.7 Å². The van der Waals surface area contributed by atoms with Crippen LogP contribution in [0.25, 0.3) is 10.9 Å². The fourth-order valence-electron chi connectivity index (χ4n) is 7.69. The van der Waals surface area contributed by atoms with E-state index in [1.165, 1.54) is 42.6 Å². The maximum Gasteiger partial charge on any atom is 0.407 e. The maximum absolute atomic E-state index is 14.6. The summed E-state index contributed by atoms with van der Waals surface area (Å²) < 4.78 is 76.3. The second-order valence-corrected chi connectivity index (χ2v) is 17.4. The lowest BCUT2D eigenvalue weighted by Crippen LogP contribution is -2.59. The van der Waals surface area contributed by atoms with E-state index in [0.717, 1.165) is 54.7 Å². The number of hydrogen-bond acceptors (Lipinski definition) is 11. The topological polar surface area (TPSA) is 215 Å². The summed E-state index contributed by atoms with van der Waals surface area (Å²) in [5, 5.41) is 14.9. The van der Waals surface area contributed by atoms with Gasteiger partial charge in [-0.1, -0.05) is 37.0 Å². The van der Waals surface area contributed by atoms with Gasteiger partial charge in [0, 0.05) is 58.3 Å². The monoisotopic (exact) mass is 920 g/mol. The zero-order valence-corrected chi connectivity index (χ0v) is 37.4. The van der Waals surface area contributed by atoms with Gasteiger partial charge in [-0.15, -0.1) is 0 Å².